The van der Waals surface area contributed by atoms with Gasteiger partial charge in [0.1, 0.15) is 10.7 Å². The molecule has 1 saturated carbocycles. The molecule has 0 atom stereocenters. The van der Waals surface area contributed by atoms with Gasteiger partial charge in [-0.1, -0.05) is 12.2 Å². The Kier molecular flexibility index (Phi) is 3.29. The van der Waals surface area contributed by atoms with Crippen LogP contribution in [0.3, 0.4) is 0 Å². The van der Waals surface area contributed by atoms with Crippen molar-refractivity contribution in [1.29, 1.82) is 0 Å². The van der Waals surface area contributed by atoms with E-state index in [1.165, 1.54) is 19.3 Å². The lowest BCUT2D eigenvalue weighted by atomic mass is 9.92. The smallest absolute Gasteiger partial charge is 0.120 e. The maximum absolute atomic E-state index is 5.69. The van der Waals surface area contributed by atoms with E-state index in [9.17, 15) is 0 Å². The molecule has 0 unspecified atom stereocenters. The summed E-state index contributed by atoms with van der Waals surface area (Å²) < 4.78 is 5.20. The number of benzene rings is 1. The maximum Gasteiger partial charge on any atom is 0.120 e. The molecule has 0 bridgehead atoms. The minimum absolute atomic E-state index is 0.421. The third-order valence-electron chi connectivity index (χ3n) is 2.96. The molecule has 0 radical (unpaired) electrons. The summed E-state index contributed by atoms with van der Waals surface area (Å²) in [7, 11) is 1.66. The summed E-state index contributed by atoms with van der Waals surface area (Å²) in [5, 5.41) is 3.46. The van der Waals surface area contributed by atoms with Crippen molar-refractivity contribution in [2.45, 2.75) is 25.3 Å². The first-order valence-corrected chi connectivity index (χ1v) is 5.86. The fourth-order valence-corrected chi connectivity index (χ4v) is 1.94. The van der Waals surface area contributed by atoms with E-state index in [-0.39, 0.29) is 0 Å². The summed E-state index contributed by atoms with van der Waals surface area (Å²) in [4.78, 5) is 0.421. The van der Waals surface area contributed by atoms with Crippen LogP contribution in [0.1, 0.15) is 24.8 Å². The van der Waals surface area contributed by atoms with Gasteiger partial charge in [0.2, 0.25) is 0 Å². The maximum atomic E-state index is 5.69. The SMILES string of the molecule is COc1ccc(C(N)=S)c(NC2CCC2)c1. The molecule has 86 valence electrons. The normalized spacial score (nSPS) is 15.3. The van der Waals surface area contributed by atoms with Gasteiger partial charge in [-0.25, -0.2) is 0 Å². The number of rotatable bonds is 4. The Morgan fingerprint density at radius 1 is 1.50 bits per heavy atom. The number of anilines is 1. The quantitative estimate of drug-likeness (QED) is 0.787. The summed E-state index contributed by atoms with van der Waals surface area (Å²) >= 11 is 5.03. The molecule has 1 aromatic carbocycles. The van der Waals surface area contributed by atoms with E-state index in [0.717, 1.165) is 17.0 Å². The first-order chi connectivity index (χ1) is 7.70. The Labute approximate surface area is 101 Å². The Bertz CT molecular complexity index is 402. The molecule has 4 heteroatoms. The molecule has 0 aromatic heterocycles. The summed E-state index contributed by atoms with van der Waals surface area (Å²) in [5.74, 6) is 0.821. The lowest BCUT2D eigenvalue weighted by Gasteiger charge is -2.28. The van der Waals surface area contributed by atoms with Crippen LogP contribution in [0.15, 0.2) is 18.2 Å². The van der Waals surface area contributed by atoms with Crippen LogP contribution in [0, 0.1) is 0 Å². The summed E-state index contributed by atoms with van der Waals surface area (Å²) in [6.45, 7) is 0. The van der Waals surface area contributed by atoms with Crippen molar-refractivity contribution in [3.05, 3.63) is 23.8 Å². The standard InChI is InChI=1S/C12H16N2OS/c1-15-9-5-6-10(12(13)16)11(7-9)14-8-3-2-4-8/h5-8,14H,2-4H2,1H3,(H2,13,16). The van der Waals surface area contributed by atoms with Gasteiger partial charge in [-0.3, -0.25) is 0 Å². The van der Waals surface area contributed by atoms with Crippen molar-refractivity contribution < 1.29 is 4.74 Å². The van der Waals surface area contributed by atoms with Gasteiger partial charge in [-0.15, -0.1) is 0 Å². The van der Waals surface area contributed by atoms with E-state index in [4.69, 9.17) is 22.7 Å². The number of methoxy groups -OCH3 is 1. The van der Waals surface area contributed by atoms with Crippen LogP contribution in [-0.2, 0) is 0 Å². The molecule has 2 rings (SSSR count). The van der Waals surface area contributed by atoms with Crippen LogP contribution >= 0.6 is 12.2 Å². The van der Waals surface area contributed by atoms with Crippen LogP contribution in [0.5, 0.6) is 5.75 Å². The Morgan fingerprint density at radius 3 is 2.75 bits per heavy atom. The molecular weight excluding hydrogens is 220 g/mol. The van der Waals surface area contributed by atoms with E-state index < -0.39 is 0 Å². The van der Waals surface area contributed by atoms with Crippen molar-refractivity contribution in [1.82, 2.24) is 0 Å². The highest BCUT2D eigenvalue weighted by Gasteiger charge is 2.18. The molecular formula is C12H16N2OS. The van der Waals surface area contributed by atoms with Crippen LogP contribution in [0.2, 0.25) is 0 Å². The lowest BCUT2D eigenvalue weighted by molar-refractivity contribution is 0.414. The average molecular weight is 236 g/mol. The van der Waals surface area contributed by atoms with Gasteiger partial charge >= 0.3 is 0 Å². The number of thiocarbonyl (C=S) groups is 1. The average Bonchev–Trinajstić information content (AvgIpc) is 2.22. The molecule has 16 heavy (non-hydrogen) atoms. The number of ether oxygens (including phenoxy) is 1. The fourth-order valence-electron chi connectivity index (χ4n) is 1.76. The van der Waals surface area contributed by atoms with Crippen LogP contribution in [0.25, 0.3) is 0 Å². The third kappa shape index (κ3) is 2.27. The van der Waals surface area contributed by atoms with Gasteiger partial charge in [0.25, 0.3) is 0 Å². The largest absolute Gasteiger partial charge is 0.497 e. The predicted octanol–water partition coefficient (Wildman–Crippen LogP) is 2.29. The molecule has 0 amide bonds. The predicted molar refractivity (Wildman–Crippen MR) is 70.1 cm³/mol. The highest BCUT2D eigenvalue weighted by atomic mass is 32.1. The summed E-state index contributed by atoms with van der Waals surface area (Å²) in [5.41, 5.74) is 7.57. The van der Waals surface area contributed by atoms with Gasteiger partial charge in [0.05, 0.1) is 7.11 Å². The van der Waals surface area contributed by atoms with Crippen molar-refractivity contribution >= 4 is 22.9 Å². The van der Waals surface area contributed by atoms with Gasteiger partial charge in [-0.05, 0) is 31.4 Å². The highest BCUT2D eigenvalue weighted by molar-refractivity contribution is 7.80. The van der Waals surface area contributed by atoms with E-state index in [1.807, 2.05) is 18.2 Å². The molecule has 1 aromatic rings. The molecule has 1 aliphatic carbocycles. The van der Waals surface area contributed by atoms with Crippen LogP contribution < -0.4 is 15.8 Å². The third-order valence-corrected chi connectivity index (χ3v) is 3.18. The molecule has 0 saturated heterocycles. The number of hydrogen-bond donors (Lipinski definition) is 2. The summed E-state index contributed by atoms with van der Waals surface area (Å²) in [6, 6.07) is 6.29. The number of nitrogens with one attached hydrogen (secondary N) is 1. The van der Waals surface area contributed by atoms with Crippen LogP contribution in [0.4, 0.5) is 5.69 Å². The van der Waals surface area contributed by atoms with Crippen LogP contribution in [-0.4, -0.2) is 18.1 Å². The van der Waals surface area contributed by atoms with E-state index in [1.54, 1.807) is 7.11 Å². The van der Waals surface area contributed by atoms with Crippen molar-refractivity contribution in [3.63, 3.8) is 0 Å². The minimum Gasteiger partial charge on any atom is -0.497 e. The first kappa shape index (κ1) is 11.2. The van der Waals surface area contributed by atoms with Gasteiger partial charge in [0, 0.05) is 23.4 Å². The molecule has 3 nitrogen and oxygen atoms in total. The van der Waals surface area contributed by atoms with Crippen molar-refractivity contribution in [2.24, 2.45) is 5.73 Å². The Hall–Kier alpha value is -1.29. The summed E-state index contributed by atoms with van der Waals surface area (Å²) in [6.07, 6.45) is 3.73. The zero-order valence-corrected chi connectivity index (χ0v) is 10.1. The molecule has 1 fully saturated rings. The second-order valence-corrected chi connectivity index (χ2v) is 4.49. The zero-order chi connectivity index (χ0) is 11.5. The van der Waals surface area contributed by atoms with E-state index >= 15 is 0 Å². The van der Waals surface area contributed by atoms with Gasteiger partial charge < -0.3 is 15.8 Å². The van der Waals surface area contributed by atoms with E-state index in [2.05, 4.69) is 5.32 Å². The molecule has 0 aliphatic heterocycles. The number of nitrogens with two attached hydrogens (primary N) is 1. The monoisotopic (exact) mass is 236 g/mol. The highest BCUT2D eigenvalue weighted by Crippen LogP contribution is 2.28. The van der Waals surface area contributed by atoms with E-state index in [0.29, 0.717) is 11.0 Å². The van der Waals surface area contributed by atoms with Gasteiger partial charge in [0.15, 0.2) is 0 Å². The zero-order valence-electron chi connectivity index (χ0n) is 9.32. The van der Waals surface area contributed by atoms with Crippen molar-refractivity contribution in [2.75, 3.05) is 12.4 Å². The molecule has 1 aliphatic rings. The molecule has 0 spiro atoms. The first-order valence-electron chi connectivity index (χ1n) is 5.45. The number of hydrogen-bond acceptors (Lipinski definition) is 3. The second-order valence-electron chi connectivity index (χ2n) is 4.05. The molecule has 0 heterocycles. The minimum atomic E-state index is 0.421. The Balaban J connectivity index is 2.25. The Morgan fingerprint density at radius 2 is 2.25 bits per heavy atom. The fraction of sp³-hybridized carbons (Fsp3) is 0.417. The van der Waals surface area contributed by atoms with Crippen molar-refractivity contribution in [3.8, 4) is 5.75 Å². The topological polar surface area (TPSA) is 47.3 Å². The molecule has 3 N–H and O–H groups in total. The second kappa shape index (κ2) is 4.70. The lowest BCUT2D eigenvalue weighted by Crippen LogP contribution is -2.28. The van der Waals surface area contributed by atoms with Gasteiger partial charge in [-0.2, -0.15) is 0 Å².